The molecule has 2 aromatic carbocycles. The fraction of sp³-hybridized carbons (Fsp3) is 0.176. The Kier molecular flexibility index (Phi) is 3.91. The fourth-order valence-corrected chi connectivity index (χ4v) is 2.20. The molecule has 19 heavy (non-hydrogen) atoms. The molecule has 0 aliphatic rings. The highest BCUT2D eigenvalue weighted by Gasteiger charge is 2.12. The first-order valence-electron chi connectivity index (χ1n) is 6.42. The van der Waals surface area contributed by atoms with Crippen LogP contribution in [0.1, 0.15) is 12.5 Å². The van der Waals surface area contributed by atoms with Crippen molar-refractivity contribution in [2.75, 3.05) is 17.3 Å². The Hall–Kier alpha value is -2.22. The zero-order valence-electron chi connectivity index (χ0n) is 11.8. The number of anilines is 3. The van der Waals surface area contributed by atoms with Gasteiger partial charge in [0.05, 0.1) is 0 Å². The van der Waals surface area contributed by atoms with E-state index in [9.17, 15) is 0 Å². The third kappa shape index (κ3) is 2.79. The van der Waals surface area contributed by atoms with Gasteiger partial charge in [-0.1, -0.05) is 24.8 Å². The molecule has 2 rings (SSSR count). The lowest BCUT2D eigenvalue weighted by molar-refractivity contribution is 1.15. The minimum absolute atomic E-state index is 1.01. The van der Waals surface area contributed by atoms with E-state index in [0.29, 0.717) is 0 Å². The maximum atomic E-state index is 4.10. The molecule has 2 aromatic rings. The van der Waals surface area contributed by atoms with Crippen LogP contribution in [0.2, 0.25) is 0 Å². The highest BCUT2D eigenvalue weighted by atomic mass is 15.1. The number of hydrogen-bond acceptors (Lipinski definition) is 2. The van der Waals surface area contributed by atoms with Gasteiger partial charge in [-0.25, -0.2) is 0 Å². The molecule has 0 fully saturated rings. The highest BCUT2D eigenvalue weighted by Crippen LogP contribution is 2.32. The molecule has 0 aliphatic carbocycles. The van der Waals surface area contributed by atoms with Crippen LogP contribution in [0, 0.1) is 6.92 Å². The van der Waals surface area contributed by atoms with Crippen molar-refractivity contribution in [3.8, 4) is 0 Å². The Morgan fingerprint density at radius 3 is 2.32 bits per heavy atom. The molecular formula is C17H20N2. The van der Waals surface area contributed by atoms with E-state index < -0.39 is 0 Å². The van der Waals surface area contributed by atoms with Crippen molar-refractivity contribution in [2.45, 2.75) is 13.8 Å². The zero-order chi connectivity index (χ0) is 13.8. The van der Waals surface area contributed by atoms with E-state index in [1.807, 2.05) is 32.2 Å². The summed E-state index contributed by atoms with van der Waals surface area (Å²) in [6.45, 7) is 8.25. The molecule has 0 aliphatic heterocycles. The first-order valence-corrected chi connectivity index (χ1v) is 6.42. The van der Waals surface area contributed by atoms with Crippen LogP contribution in [0.15, 0.2) is 60.8 Å². The van der Waals surface area contributed by atoms with Gasteiger partial charge in [0.2, 0.25) is 0 Å². The van der Waals surface area contributed by atoms with Gasteiger partial charge in [0, 0.05) is 29.8 Å². The molecule has 0 aromatic heterocycles. The molecule has 2 heteroatoms. The van der Waals surface area contributed by atoms with Crippen molar-refractivity contribution < 1.29 is 0 Å². The average molecular weight is 252 g/mol. The van der Waals surface area contributed by atoms with Crippen molar-refractivity contribution in [2.24, 2.45) is 0 Å². The number of rotatable bonds is 4. The van der Waals surface area contributed by atoms with Gasteiger partial charge in [-0.3, -0.25) is 0 Å². The monoisotopic (exact) mass is 252 g/mol. The summed E-state index contributed by atoms with van der Waals surface area (Å²) in [6, 6.07) is 16.7. The first kappa shape index (κ1) is 13.2. The number of para-hydroxylation sites is 1. The number of aryl methyl sites for hydroxylation is 1. The smallest absolute Gasteiger partial charge is 0.0488 e. The Morgan fingerprint density at radius 1 is 1.11 bits per heavy atom. The van der Waals surface area contributed by atoms with Gasteiger partial charge in [-0.05, 0) is 49.7 Å². The fourth-order valence-electron chi connectivity index (χ4n) is 2.20. The van der Waals surface area contributed by atoms with Crippen LogP contribution < -0.4 is 10.2 Å². The number of benzene rings is 2. The van der Waals surface area contributed by atoms with Crippen molar-refractivity contribution in [3.05, 3.63) is 66.4 Å². The van der Waals surface area contributed by atoms with Gasteiger partial charge >= 0.3 is 0 Å². The molecule has 0 saturated carbocycles. The molecule has 2 nitrogen and oxygen atoms in total. The van der Waals surface area contributed by atoms with Gasteiger partial charge in [-0.15, -0.1) is 0 Å². The highest BCUT2D eigenvalue weighted by molar-refractivity contribution is 5.72. The van der Waals surface area contributed by atoms with E-state index in [0.717, 1.165) is 22.8 Å². The molecule has 0 atom stereocenters. The molecule has 0 spiro atoms. The topological polar surface area (TPSA) is 15.3 Å². The summed E-state index contributed by atoms with van der Waals surface area (Å²) in [5.41, 5.74) is 5.65. The van der Waals surface area contributed by atoms with E-state index in [1.54, 1.807) is 0 Å². The van der Waals surface area contributed by atoms with Crippen molar-refractivity contribution >= 4 is 17.1 Å². The molecule has 0 radical (unpaired) electrons. The SMILES string of the molecule is C=C(C)N(c1ccccc1)c1ccc(NC)cc1C. The number of hydrogen-bond donors (Lipinski definition) is 1. The second-order valence-corrected chi connectivity index (χ2v) is 4.66. The molecule has 0 unspecified atom stereocenters. The number of allylic oxidation sites excluding steroid dienone is 1. The molecule has 0 amide bonds. The van der Waals surface area contributed by atoms with E-state index >= 15 is 0 Å². The summed E-state index contributed by atoms with van der Waals surface area (Å²) < 4.78 is 0. The standard InChI is InChI=1S/C17H20N2/c1-13(2)19(16-8-6-5-7-9-16)17-11-10-15(18-4)12-14(17)3/h5-12,18H,1H2,2-4H3. The Bertz CT molecular complexity index is 573. The van der Waals surface area contributed by atoms with Crippen LogP contribution in [-0.2, 0) is 0 Å². The quantitative estimate of drug-likeness (QED) is 0.847. The Morgan fingerprint density at radius 2 is 1.79 bits per heavy atom. The van der Waals surface area contributed by atoms with Crippen LogP contribution >= 0.6 is 0 Å². The van der Waals surface area contributed by atoms with Gasteiger partial charge in [0.1, 0.15) is 0 Å². The lowest BCUT2D eigenvalue weighted by atomic mass is 10.1. The summed E-state index contributed by atoms with van der Waals surface area (Å²) >= 11 is 0. The van der Waals surface area contributed by atoms with Gasteiger partial charge < -0.3 is 10.2 Å². The van der Waals surface area contributed by atoms with Crippen LogP contribution in [-0.4, -0.2) is 7.05 Å². The predicted octanol–water partition coefficient (Wildman–Crippen LogP) is 4.71. The summed E-state index contributed by atoms with van der Waals surface area (Å²) in [7, 11) is 1.93. The van der Waals surface area contributed by atoms with E-state index in [4.69, 9.17) is 0 Å². The predicted molar refractivity (Wildman–Crippen MR) is 84.1 cm³/mol. The molecule has 0 bridgehead atoms. The van der Waals surface area contributed by atoms with Crippen LogP contribution in [0.5, 0.6) is 0 Å². The average Bonchev–Trinajstić information content (AvgIpc) is 2.41. The van der Waals surface area contributed by atoms with Gasteiger partial charge in [-0.2, -0.15) is 0 Å². The first-order chi connectivity index (χ1) is 9.13. The molecule has 0 heterocycles. The molecular weight excluding hydrogens is 232 g/mol. The van der Waals surface area contributed by atoms with Crippen LogP contribution in [0.3, 0.4) is 0 Å². The van der Waals surface area contributed by atoms with Crippen molar-refractivity contribution in [1.82, 2.24) is 0 Å². The lowest BCUT2D eigenvalue weighted by Gasteiger charge is -2.27. The summed E-state index contributed by atoms with van der Waals surface area (Å²) in [5.74, 6) is 0. The van der Waals surface area contributed by atoms with Crippen LogP contribution in [0.4, 0.5) is 17.1 Å². The minimum Gasteiger partial charge on any atom is -0.388 e. The third-order valence-corrected chi connectivity index (χ3v) is 3.12. The van der Waals surface area contributed by atoms with E-state index in [-0.39, 0.29) is 0 Å². The maximum Gasteiger partial charge on any atom is 0.0488 e. The normalized spacial score (nSPS) is 10.1. The Balaban J connectivity index is 2.49. The largest absolute Gasteiger partial charge is 0.388 e. The lowest BCUT2D eigenvalue weighted by Crippen LogP contribution is -2.14. The van der Waals surface area contributed by atoms with Gasteiger partial charge in [0.15, 0.2) is 0 Å². The van der Waals surface area contributed by atoms with E-state index in [2.05, 4.69) is 54.1 Å². The maximum absolute atomic E-state index is 4.10. The summed E-state index contributed by atoms with van der Waals surface area (Å²) in [5, 5.41) is 3.16. The number of nitrogens with one attached hydrogen (secondary N) is 1. The summed E-state index contributed by atoms with van der Waals surface area (Å²) in [4.78, 5) is 2.18. The molecule has 0 saturated heterocycles. The number of nitrogens with zero attached hydrogens (tertiary/aromatic N) is 1. The zero-order valence-corrected chi connectivity index (χ0v) is 11.8. The van der Waals surface area contributed by atoms with Gasteiger partial charge in [0.25, 0.3) is 0 Å². The van der Waals surface area contributed by atoms with Crippen molar-refractivity contribution in [1.29, 1.82) is 0 Å². The minimum atomic E-state index is 1.01. The molecule has 1 N–H and O–H groups in total. The molecule has 98 valence electrons. The third-order valence-electron chi connectivity index (χ3n) is 3.12. The van der Waals surface area contributed by atoms with E-state index in [1.165, 1.54) is 5.56 Å². The summed E-state index contributed by atoms with van der Waals surface area (Å²) in [6.07, 6.45) is 0. The second-order valence-electron chi connectivity index (χ2n) is 4.66. The van der Waals surface area contributed by atoms with Crippen LogP contribution in [0.25, 0.3) is 0 Å². The Labute approximate surface area is 115 Å². The van der Waals surface area contributed by atoms with Crippen molar-refractivity contribution in [3.63, 3.8) is 0 Å². The second kappa shape index (κ2) is 5.61.